The van der Waals surface area contributed by atoms with Crippen LogP contribution in [0.2, 0.25) is 0 Å². The zero-order chi connectivity index (χ0) is 18.4. The van der Waals surface area contributed by atoms with E-state index < -0.39 is 0 Å². The third-order valence-corrected chi connectivity index (χ3v) is 6.65. The van der Waals surface area contributed by atoms with Crippen LogP contribution in [0.3, 0.4) is 0 Å². The van der Waals surface area contributed by atoms with Gasteiger partial charge in [-0.05, 0) is 36.3 Å². The first-order valence-electron chi connectivity index (χ1n) is 10.7. The Balaban J connectivity index is 1.45. The highest BCUT2D eigenvalue weighted by Gasteiger charge is 2.42. The molecule has 0 unspecified atom stereocenters. The summed E-state index contributed by atoms with van der Waals surface area (Å²) in [5.41, 5.74) is 4.20. The number of rotatable bonds is 4. The maximum atomic E-state index is 4.99. The molecule has 1 aliphatic heterocycles. The van der Waals surface area contributed by atoms with Crippen molar-refractivity contribution in [2.45, 2.75) is 76.3 Å². The van der Waals surface area contributed by atoms with Gasteiger partial charge in [0.1, 0.15) is 5.82 Å². The Morgan fingerprint density at radius 2 is 1.81 bits per heavy atom. The van der Waals surface area contributed by atoms with E-state index in [0.717, 1.165) is 24.0 Å². The summed E-state index contributed by atoms with van der Waals surface area (Å²) in [6, 6.07) is 12.2. The van der Waals surface area contributed by atoms with Gasteiger partial charge in [-0.15, -0.1) is 0 Å². The molecule has 3 aliphatic rings. The van der Waals surface area contributed by atoms with Gasteiger partial charge in [-0.1, -0.05) is 57.4 Å². The summed E-state index contributed by atoms with van der Waals surface area (Å²) >= 11 is 0. The number of anilines is 2. The van der Waals surface area contributed by atoms with Crippen molar-refractivity contribution in [3.63, 3.8) is 0 Å². The highest BCUT2D eigenvalue weighted by Crippen LogP contribution is 2.51. The number of hydrogen-bond acceptors (Lipinski definition) is 4. The first-order valence-corrected chi connectivity index (χ1v) is 10.7. The number of aromatic nitrogens is 2. The van der Waals surface area contributed by atoms with Crippen LogP contribution >= 0.6 is 0 Å². The van der Waals surface area contributed by atoms with Crippen molar-refractivity contribution in [3.8, 4) is 0 Å². The standard InChI is InChI=1S/C23H30N4/c1-15(2)20-13-22(26-23(25-20)24-17-8-4-3-5-9-17)27-14-16-12-21(27)19-11-7-6-10-18(16)19/h6-7,10-11,13,15-17,21H,3-5,8-9,12,14H2,1-2H3,(H,24,25,26)/t16-,21+/m1/s1. The Hall–Kier alpha value is -2.10. The van der Waals surface area contributed by atoms with Gasteiger partial charge in [0.25, 0.3) is 0 Å². The summed E-state index contributed by atoms with van der Waals surface area (Å²) in [6.45, 7) is 5.53. The topological polar surface area (TPSA) is 41.1 Å². The highest BCUT2D eigenvalue weighted by molar-refractivity contribution is 5.55. The Morgan fingerprint density at radius 1 is 1.04 bits per heavy atom. The van der Waals surface area contributed by atoms with E-state index in [-0.39, 0.29) is 0 Å². The van der Waals surface area contributed by atoms with Crippen LogP contribution in [0.15, 0.2) is 30.3 Å². The summed E-state index contributed by atoms with van der Waals surface area (Å²) in [7, 11) is 0. The molecule has 0 radical (unpaired) electrons. The quantitative estimate of drug-likeness (QED) is 0.791. The fourth-order valence-electron chi connectivity index (χ4n) is 5.19. The van der Waals surface area contributed by atoms with Crippen LogP contribution in [0.25, 0.3) is 0 Å². The Morgan fingerprint density at radius 3 is 2.59 bits per heavy atom. The van der Waals surface area contributed by atoms with Crippen LogP contribution in [0.1, 0.15) is 87.1 Å². The van der Waals surface area contributed by atoms with Crippen LogP contribution in [-0.2, 0) is 0 Å². The molecule has 142 valence electrons. The van der Waals surface area contributed by atoms with Crippen LogP contribution in [0, 0.1) is 0 Å². The lowest BCUT2D eigenvalue weighted by molar-refractivity contribution is 0.460. The molecule has 2 aliphatic carbocycles. The number of benzene rings is 1. The average Bonchev–Trinajstić information content (AvgIpc) is 3.28. The molecule has 0 amide bonds. The van der Waals surface area contributed by atoms with Gasteiger partial charge in [0, 0.05) is 24.6 Å². The second-order valence-corrected chi connectivity index (χ2v) is 8.84. The Bertz CT molecular complexity index is 825. The minimum atomic E-state index is 0.408. The molecule has 2 bridgehead atoms. The second-order valence-electron chi connectivity index (χ2n) is 8.84. The molecule has 1 aromatic carbocycles. The summed E-state index contributed by atoms with van der Waals surface area (Å²) in [5, 5.41) is 3.65. The van der Waals surface area contributed by atoms with Crippen molar-refractivity contribution in [2.24, 2.45) is 0 Å². The van der Waals surface area contributed by atoms with Gasteiger partial charge in [-0.3, -0.25) is 0 Å². The van der Waals surface area contributed by atoms with E-state index in [1.165, 1.54) is 44.1 Å². The molecule has 2 heterocycles. The molecule has 4 heteroatoms. The molecule has 1 saturated heterocycles. The SMILES string of the molecule is CC(C)c1cc(N2C[C@H]3C[C@H]2c2ccccc23)nc(NC2CCCCC2)n1. The zero-order valence-electron chi connectivity index (χ0n) is 16.5. The zero-order valence-corrected chi connectivity index (χ0v) is 16.5. The minimum absolute atomic E-state index is 0.408. The van der Waals surface area contributed by atoms with E-state index in [4.69, 9.17) is 9.97 Å². The smallest absolute Gasteiger partial charge is 0.225 e. The highest BCUT2D eigenvalue weighted by atomic mass is 15.3. The van der Waals surface area contributed by atoms with Crippen molar-refractivity contribution >= 4 is 11.8 Å². The van der Waals surface area contributed by atoms with Gasteiger partial charge in [0.15, 0.2) is 0 Å². The first kappa shape index (κ1) is 17.0. The van der Waals surface area contributed by atoms with E-state index in [1.54, 1.807) is 5.56 Å². The van der Waals surface area contributed by atoms with Gasteiger partial charge >= 0.3 is 0 Å². The molecule has 5 rings (SSSR count). The number of nitrogens with zero attached hydrogens (tertiary/aromatic N) is 3. The molecule has 27 heavy (non-hydrogen) atoms. The molecule has 2 fully saturated rings. The van der Waals surface area contributed by atoms with Crippen LogP contribution in [0.5, 0.6) is 0 Å². The molecule has 2 aromatic rings. The largest absolute Gasteiger partial charge is 0.351 e. The van der Waals surface area contributed by atoms with E-state index in [0.29, 0.717) is 23.9 Å². The lowest BCUT2D eigenvalue weighted by Gasteiger charge is -2.31. The fourth-order valence-corrected chi connectivity index (χ4v) is 5.19. The number of nitrogens with one attached hydrogen (secondary N) is 1. The van der Waals surface area contributed by atoms with Gasteiger partial charge in [0.2, 0.25) is 5.95 Å². The molecule has 1 saturated carbocycles. The van der Waals surface area contributed by atoms with Crippen molar-refractivity contribution in [1.82, 2.24) is 9.97 Å². The van der Waals surface area contributed by atoms with Crippen molar-refractivity contribution < 1.29 is 0 Å². The second kappa shape index (κ2) is 6.81. The predicted octanol–water partition coefficient (Wildman–Crippen LogP) is 5.39. The molecular weight excluding hydrogens is 332 g/mol. The van der Waals surface area contributed by atoms with Crippen molar-refractivity contribution in [3.05, 3.63) is 47.2 Å². The maximum absolute atomic E-state index is 4.99. The normalized spacial score (nSPS) is 24.5. The monoisotopic (exact) mass is 362 g/mol. The molecule has 0 spiro atoms. The number of hydrogen-bond donors (Lipinski definition) is 1. The van der Waals surface area contributed by atoms with E-state index in [2.05, 4.69) is 54.4 Å². The average molecular weight is 363 g/mol. The Kier molecular flexibility index (Phi) is 4.30. The third kappa shape index (κ3) is 3.09. The molecular formula is C23H30N4. The molecule has 4 nitrogen and oxygen atoms in total. The van der Waals surface area contributed by atoms with Gasteiger partial charge in [-0.25, -0.2) is 4.98 Å². The maximum Gasteiger partial charge on any atom is 0.225 e. The summed E-state index contributed by atoms with van der Waals surface area (Å²) in [5.74, 6) is 3.00. The lowest BCUT2D eigenvalue weighted by atomic mass is 9.96. The third-order valence-electron chi connectivity index (χ3n) is 6.65. The first-order chi connectivity index (χ1) is 13.2. The van der Waals surface area contributed by atoms with Crippen LogP contribution < -0.4 is 10.2 Å². The fraction of sp³-hybridized carbons (Fsp3) is 0.565. The van der Waals surface area contributed by atoms with E-state index in [1.807, 2.05) is 0 Å². The van der Waals surface area contributed by atoms with Gasteiger partial charge in [-0.2, -0.15) is 4.98 Å². The van der Waals surface area contributed by atoms with Crippen molar-refractivity contribution in [2.75, 3.05) is 16.8 Å². The predicted molar refractivity (Wildman–Crippen MR) is 111 cm³/mol. The molecule has 1 aromatic heterocycles. The Labute approximate surface area is 162 Å². The van der Waals surface area contributed by atoms with Crippen LogP contribution in [0.4, 0.5) is 11.8 Å². The van der Waals surface area contributed by atoms with E-state index >= 15 is 0 Å². The minimum Gasteiger partial charge on any atom is -0.351 e. The summed E-state index contributed by atoms with van der Waals surface area (Å²) in [4.78, 5) is 12.4. The lowest BCUT2D eigenvalue weighted by Crippen LogP contribution is -2.29. The number of fused-ring (bicyclic) bond motifs is 5. The van der Waals surface area contributed by atoms with Gasteiger partial charge < -0.3 is 10.2 Å². The molecule has 1 N–H and O–H groups in total. The van der Waals surface area contributed by atoms with Crippen LogP contribution in [-0.4, -0.2) is 22.6 Å². The van der Waals surface area contributed by atoms with Gasteiger partial charge in [0.05, 0.1) is 11.7 Å². The van der Waals surface area contributed by atoms with E-state index in [9.17, 15) is 0 Å². The summed E-state index contributed by atoms with van der Waals surface area (Å²) < 4.78 is 0. The summed E-state index contributed by atoms with van der Waals surface area (Å²) in [6.07, 6.45) is 7.72. The van der Waals surface area contributed by atoms with Crippen molar-refractivity contribution in [1.29, 1.82) is 0 Å². The molecule has 2 atom stereocenters.